The Morgan fingerprint density at radius 2 is 2.24 bits per heavy atom. The molecule has 21 heavy (non-hydrogen) atoms. The van der Waals surface area contributed by atoms with E-state index >= 15 is 0 Å². The maximum Gasteiger partial charge on any atom is 0.229 e. The normalized spacial score (nSPS) is 18.7. The second-order valence-electron chi connectivity index (χ2n) is 5.25. The van der Waals surface area contributed by atoms with Gasteiger partial charge in [-0.15, -0.1) is 11.3 Å². The van der Waals surface area contributed by atoms with E-state index in [1.54, 1.807) is 11.3 Å². The van der Waals surface area contributed by atoms with E-state index in [2.05, 4.69) is 22.4 Å². The second-order valence-corrected chi connectivity index (χ2v) is 6.31. The quantitative estimate of drug-likeness (QED) is 0.945. The maximum atomic E-state index is 12.6. The minimum atomic E-state index is 0.118. The van der Waals surface area contributed by atoms with E-state index in [1.165, 1.54) is 5.56 Å². The Labute approximate surface area is 128 Å². The Bertz CT molecular complexity index is 611. The Kier molecular flexibility index (Phi) is 4.31. The topological polar surface area (TPSA) is 45.2 Å². The first-order valence-electron chi connectivity index (χ1n) is 7.20. The predicted molar refractivity (Wildman–Crippen MR) is 84.3 cm³/mol. The standard InChI is InChI=1S/C16H19N3OS/c1-12-18-14(11-21-12)9-16(20)19-8-7-17-10-15(19)13-5-3-2-4-6-13/h2-6,11,15,17H,7-10H2,1H3/t15-/m1/s1. The number of thiazole rings is 1. The van der Waals surface area contributed by atoms with Crippen molar-refractivity contribution < 1.29 is 4.79 Å². The number of hydrogen-bond acceptors (Lipinski definition) is 4. The fourth-order valence-electron chi connectivity index (χ4n) is 2.72. The lowest BCUT2D eigenvalue weighted by atomic mass is 10.0. The van der Waals surface area contributed by atoms with Gasteiger partial charge in [0, 0.05) is 25.0 Å². The number of hydrogen-bond donors (Lipinski definition) is 1. The molecule has 0 bridgehead atoms. The monoisotopic (exact) mass is 301 g/mol. The molecule has 0 unspecified atom stereocenters. The molecule has 110 valence electrons. The molecule has 1 fully saturated rings. The van der Waals surface area contributed by atoms with E-state index < -0.39 is 0 Å². The molecule has 1 aliphatic rings. The number of aromatic nitrogens is 1. The summed E-state index contributed by atoms with van der Waals surface area (Å²) in [5, 5.41) is 6.37. The van der Waals surface area contributed by atoms with Crippen LogP contribution in [0.2, 0.25) is 0 Å². The van der Waals surface area contributed by atoms with E-state index in [-0.39, 0.29) is 11.9 Å². The first-order chi connectivity index (χ1) is 10.2. The van der Waals surface area contributed by atoms with E-state index in [1.807, 2.05) is 35.4 Å². The van der Waals surface area contributed by atoms with Gasteiger partial charge >= 0.3 is 0 Å². The molecule has 1 aromatic heterocycles. The fourth-order valence-corrected chi connectivity index (χ4v) is 3.33. The summed E-state index contributed by atoms with van der Waals surface area (Å²) in [5.74, 6) is 0.163. The summed E-state index contributed by atoms with van der Waals surface area (Å²) in [6.45, 7) is 4.38. The van der Waals surface area contributed by atoms with Crippen molar-refractivity contribution in [3.05, 3.63) is 52.0 Å². The molecule has 1 aliphatic heterocycles. The van der Waals surface area contributed by atoms with Crippen LogP contribution >= 0.6 is 11.3 Å². The fraction of sp³-hybridized carbons (Fsp3) is 0.375. The smallest absolute Gasteiger partial charge is 0.229 e. The van der Waals surface area contributed by atoms with Gasteiger partial charge in [-0.1, -0.05) is 30.3 Å². The maximum absolute atomic E-state index is 12.6. The lowest BCUT2D eigenvalue weighted by Crippen LogP contribution is -2.49. The summed E-state index contributed by atoms with van der Waals surface area (Å²) < 4.78 is 0. The molecule has 0 radical (unpaired) electrons. The van der Waals surface area contributed by atoms with Crippen molar-refractivity contribution in [2.24, 2.45) is 0 Å². The molecule has 2 heterocycles. The molecule has 1 atom stereocenters. The highest BCUT2D eigenvalue weighted by molar-refractivity contribution is 7.09. The molecule has 0 saturated carbocycles. The Hall–Kier alpha value is -1.72. The zero-order chi connectivity index (χ0) is 14.7. The number of nitrogens with one attached hydrogen (secondary N) is 1. The molecule has 1 N–H and O–H groups in total. The lowest BCUT2D eigenvalue weighted by Gasteiger charge is -2.36. The molecule has 0 spiro atoms. The van der Waals surface area contributed by atoms with Crippen LogP contribution in [0.5, 0.6) is 0 Å². The summed E-state index contributed by atoms with van der Waals surface area (Å²) in [6.07, 6.45) is 0.397. The van der Waals surface area contributed by atoms with Gasteiger partial charge < -0.3 is 10.2 Å². The van der Waals surface area contributed by atoms with E-state index in [0.29, 0.717) is 6.42 Å². The van der Waals surface area contributed by atoms with Crippen LogP contribution in [0.25, 0.3) is 0 Å². The number of nitrogens with zero attached hydrogens (tertiary/aromatic N) is 2. The Morgan fingerprint density at radius 3 is 2.95 bits per heavy atom. The zero-order valence-electron chi connectivity index (χ0n) is 12.1. The van der Waals surface area contributed by atoms with Crippen LogP contribution in [-0.4, -0.2) is 35.4 Å². The number of rotatable bonds is 3. The number of benzene rings is 1. The molecular weight excluding hydrogens is 282 g/mol. The van der Waals surface area contributed by atoms with Crippen LogP contribution in [0.15, 0.2) is 35.7 Å². The van der Waals surface area contributed by atoms with E-state index in [0.717, 1.165) is 30.3 Å². The summed E-state index contributed by atoms with van der Waals surface area (Å²) in [4.78, 5) is 19.0. The van der Waals surface area contributed by atoms with Gasteiger partial charge in [0.25, 0.3) is 0 Å². The largest absolute Gasteiger partial charge is 0.333 e. The van der Waals surface area contributed by atoms with Crippen LogP contribution in [0.1, 0.15) is 22.3 Å². The Morgan fingerprint density at radius 1 is 1.43 bits per heavy atom. The summed E-state index contributed by atoms with van der Waals surface area (Å²) in [5.41, 5.74) is 2.07. The number of amides is 1. The second kappa shape index (κ2) is 6.37. The molecular formula is C16H19N3OS. The van der Waals surface area contributed by atoms with Gasteiger partial charge in [-0.2, -0.15) is 0 Å². The van der Waals surface area contributed by atoms with Crippen molar-refractivity contribution in [2.45, 2.75) is 19.4 Å². The highest BCUT2D eigenvalue weighted by Gasteiger charge is 2.27. The van der Waals surface area contributed by atoms with Gasteiger partial charge in [0.1, 0.15) is 0 Å². The molecule has 1 aromatic carbocycles. The summed E-state index contributed by atoms with van der Waals surface area (Å²) in [7, 11) is 0. The van der Waals surface area contributed by atoms with Crippen molar-refractivity contribution in [1.29, 1.82) is 0 Å². The number of piperazine rings is 1. The third kappa shape index (κ3) is 3.31. The number of carbonyl (C=O) groups excluding carboxylic acids is 1. The number of carbonyl (C=O) groups is 1. The van der Waals surface area contributed by atoms with Crippen molar-refractivity contribution in [3.8, 4) is 0 Å². The first kappa shape index (κ1) is 14.2. The highest BCUT2D eigenvalue weighted by atomic mass is 32.1. The van der Waals surface area contributed by atoms with Gasteiger partial charge in [0.2, 0.25) is 5.91 Å². The van der Waals surface area contributed by atoms with Crippen molar-refractivity contribution >= 4 is 17.2 Å². The number of aryl methyl sites for hydroxylation is 1. The molecule has 2 aromatic rings. The van der Waals surface area contributed by atoms with E-state index in [4.69, 9.17) is 0 Å². The molecule has 1 saturated heterocycles. The third-order valence-electron chi connectivity index (χ3n) is 3.75. The van der Waals surface area contributed by atoms with Crippen LogP contribution in [0.3, 0.4) is 0 Å². The van der Waals surface area contributed by atoms with Crippen molar-refractivity contribution in [3.63, 3.8) is 0 Å². The molecule has 0 aliphatic carbocycles. The molecule has 4 nitrogen and oxygen atoms in total. The van der Waals surface area contributed by atoms with Crippen LogP contribution in [-0.2, 0) is 11.2 Å². The molecule has 1 amide bonds. The molecule has 3 rings (SSSR count). The van der Waals surface area contributed by atoms with Gasteiger partial charge in [0.05, 0.1) is 23.2 Å². The lowest BCUT2D eigenvalue weighted by molar-refractivity contribution is -0.133. The SMILES string of the molecule is Cc1nc(CC(=O)N2CCNC[C@@H]2c2ccccc2)cs1. The van der Waals surface area contributed by atoms with E-state index in [9.17, 15) is 4.79 Å². The van der Waals surface area contributed by atoms with Crippen molar-refractivity contribution in [1.82, 2.24) is 15.2 Å². The minimum Gasteiger partial charge on any atom is -0.333 e. The third-order valence-corrected chi connectivity index (χ3v) is 4.57. The first-order valence-corrected chi connectivity index (χ1v) is 8.08. The summed E-state index contributed by atoms with van der Waals surface area (Å²) in [6, 6.07) is 10.3. The average molecular weight is 301 g/mol. The van der Waals surface area contributed by atoms with Crippen LogP contribution < -0.4 is 5.32 Å². The Balaban J connectivity index is 1.76. The van der Waals surface area contributed by atoms with Crippen LogP contribution in [0.4, 0.5) is 0 Å². The van der Waals surface area contributed by atoms with Crippen molar-refractivity contribution in [2.75, 3.05) is 19.6 Å². The van der Waals surface area contributed by atoms with Gasteiger partial charge in [-0.3, -0.25) is 4.79 Å². The van der Waals surface area contributed by atoms with Gasteiger partial charge in [0.15, 0.2) is 0 Å². The van der Waals surface area contributed by atoms with Gasteiger partial charge in [-0.25, -0.2) is 4.98 Å². The zero-order valence-corrected chi connectivity index (χ0v) is 12.9. The predicted octanol–water partition coefficient (Wildman–Crippen LogP) is 2.17. The van der Waals surface area contributed by atoms with Crippen LogP contribution in [0, 0.1) is 6.92 Å². The average Bonchev–Trinajstić information content (AvgIpc) is 2.93. The molecule has 5 heteroatoms. The minimum absolute atomic E-state index is 0.118. The van der Waals surface area contributed by atoms with Gasteiger partial charge in [-0.05, 0) is 12.5 Å². The summed E-state index contributed by atoms with van der Waals surface area (Å²) >= 11 is 1.60. The highest BCUT2D eigenvalue weighted by Crippen LogP contribution is 2.23.